The fraction of sp³-hybridized carbons (Fsp3) is 0.615. The minimum Gasteiger partial charge on any atom is -0.468 e. The van der Waals surface area contributed by atoms with Crippen LogP contribution in [0.25, 0.3) is 0 Å². The molecule has 3 atom stereocenters. The van der Waals surface area contributed by atoms with Crippen molar-refractivity contribution in [2.45, 2.75) is 46.3 Å². The Bertz CT molecular complexity index is 843. The number of benzene rings is 1. The van der Waals surface area contributed by atoms with Crippen LogP contribution in [-0.4, -0.2) is 80.3 Å². The Morgan fingerprint density at radius 1 is 1.18 bits per heavy atom. The van der Waals surface area contributed by atoms with Crippen LogP contribution in [0.3, 0.4) is 0 Å². The third-order valence-corrected chi connectivity index (χ3v) is 6.87. The molecule has 0 aliphatic carbocycles. The van der Waals surface area contributed by atoms with Gasteiger partial charge in [-0.15, -0.1) is 0 Å². The van der Waals surface area contributed by atoms with Crippen LogP contribution in [0.4, 0.5) is 5.69 Å². The number of carbonyl (C=O) groups excluding carboxylic acids is 2. The first-order chi connectivity index (χ1) is 15.6. The van der Waals surface area contributed by atoms with E-state index in [2.05, 4.69) is 33.8 Å². The van der Waals surface area contributed by atoms with Crippen molar-refractivity contribution >= 4 is 17.4 Å². The van der Waals surface area contributed by atoms with Crippen molar-refractivity contribution in [3.05, 3.63) is 42.5 Å². The van der Waals surface area contributed by atoms with Crippen LogP contribution >= 0.6 is 0 Å². The molecule has 33 heavy (non-hydrogen) atoms. The zero-order valence-corrected chi connectivity index (χ0v) is 20.7. The highest BCUT2D eigenvalue weighted by Gasteiger charge is 2.57. The number of ether oxygens (including phenoxy) is 2. The molecule has 0 aromatic heterocycles. The third-order valence-electron chi connectivity index (χ3n) is 6.87. The highest BCUT2D eigenvalue weighted by Crippen LogP contribution is 2.43. The first-order valence-electron chi connectivity index (χ1n) is 11.8. The average Bonchev–Trinajstić information content (AvgIpc) is 2.80. The van der Waals surface area contributed by atoms with Crippen molar-refractivity contribution in [1.82, 2.24) is 9.80 Å². The summed E-state index contributed by atoms with van der Waals surface area (Å²) >= 11 is 0. The Hall–Kier alpha value is -2.22. The fourth-order valence-electron chi connectivity index (χ4n) is 4.73. The lowest BCUT2D eigenvalue weighted by atomic mass is 9.69. The molecule has 1 N–H and O–H groups in total. The van der Waals surface area contributed by atoms with Gasteiger partial charge < -0.3 is 19.7 Å². The van der Waals surface area contributed by atoms with Crippen LogP contribution < -0.4 is 5.32 Å². The zero-order chi connectivity index (χ0) is 24.2. The number of Topliss-reactive ketones (excluding diaryl/α,β-unsaturated/α-hetero) is 1. The van der Waals surface area contributed by atoms with Crippen molar-refractivity contribution in [3.63, 3.8) is 0 Å². The van der Waals surface area contributed by atoms with E-state index >= 15 is 0 Å². The summed E-state index contributed by atoms with van der Waals surface area (Å²) in [5.74, 6) is -0.815. The molecule has 182 valence electrons. The van der Waals surface area contributed by atoms with Gasteiger partial charge in [-0.1, -0.05) is 45.5 Å². The number of rotatable bonds is 7. The lowest BCUT2D eigenvalue weighted by Crippen LogP contribution is -2.58. The van der Waals surface area contributed by atoms with E-state index in [4.69, 9.17) is 9.47 Å². The summed E-state index contributed by atoms with van der Waals surface area (Å²) in [7, 11) is 1.32. The molecule has 2 aliphatic rings. The molecule has 2 fully saturated rings. The number of carbonyl (C=O) groups is 2. The quantitative estimate of drug-likeness (QED) is 0.383. The molecule has 0 radical (unpaired) electrons. The smallest absolute Gasteiger partial charge is 0.322 e. The second-order valence-electron chi connectivity index (χ2n) is 10.4. The molecule has 2 heterocycles. The van der Waals surface area contributed by atoms with Gasteiger partial charge in [0.15, 0.2) is 11.2 Å². The largest absolute Gasteiger partial charge is 0.468 e. The van der Waals surface area contributed by atoms with Gasteiger partial charge >= 0.3 is 5.97 Å². The van der Waals surface area contributed by atoms with Gasteiger partial charge in [-0.3, -0.25) is 14.5 Å². The summed E-state index contributed by atoms with van der Waals surface area (Å²) in [6, 6.07) is 10.2. The Balaban J connectivity index is 1.58. The maximum atomic E-state index is 13.3. The molecule has 0 amide bonds. The van der Waals surface area contributed by atoms with E-state index in [0.717, 1.165) is 45.1 Å². The second-order valence-corrected chi connectivity index (χ2v) is 10.4. The van der Waals surface area contributed by atoms with E-state index in [0.29, 0.717) is 12.0 Å². The van der Waals surface area contributed by atoms with Gasteiger partial charge in [-0.05, 0) is 30.9 Å². The van der Waals surface area contributed by atoms with Gasteiger partial charge in [0.1, 0.15) is 0 Å². The van der Waals surface area contributed by atoms with Crippen LogP contribution in [0, 0.1) is 10.8 Å². The first kappa shape index (κ1) is 25.4. The summed E-state index contributed by atoms with van der Waals surface area (Å²) in [5.41, 5.74) is -0.184. The number of nitrogens with one attached hydrogen (secondary N) is 1. The normalized spacial score (nSPS) is 27.4. The van der Waals surface area contributed by atoms with Crippen molar-refractivity contribution in [3.8, 4) is 0 Å². The first-order valence-corrected chi connectivity index (χ1v) is 11.8. The van der Waals surface area contributed by atoms with Gasteiger partial charge in [0.2, 0.25) is 0 Å². The number of methoxy groups -OCH3 is 1. The Morgan fingerprint density at radius 2 is 1.79 bits per heavy atom. The Morgan fingerprint density at radius 3 is 2.36 bits per heavy atom. The van der Waals surface area contributed by atoms with E-state index in [1.807, 2.05) is 39.0 Å². The highest BCUT2D eigenvalue weighted by molar-refractivity contribution is 6.13. The van der Waals surface area contributed by atoms with Gasteiger partial charge in [-0.2, -0.15) is 0 Å². The van der Waals surface area contributed by atoms with E-state index in [1.54, 1.807) is 6.92 Å². The standard InChI is InChI=1S/C26H39N3O4/c1-19-22(30)26(5,24(31)32-6)21(33-23(19)25(2,3)4)12-13-28-14-16-29(17-15-28)18-27-20-10-8-7-9-11-20/h7-11,21,23,27H,1,12-18H2,2-6H3/t21-,23-,26?/m1/s1. The number of hydrogen-bond donors (Lipinski definition) is 1. The topological polar surface area (TPSA) is 71.1 Å². The van der Waals surface area contributed by atoms with E-state index < -0.39 is 23.6 Å². The summed E-state index contributed by atoms with van der Waals surface area (Å²) in [6.07, 6.45) is -0.391. The van der Waals surface area contributed by atoms with Crippen LogP contribution in [0.2, 0.25) is 0 Å². The number of nitrogens with zero attached hydrogens (tertiary/aromatic N) is 2. The van der Waals surface area contributed by atoms with Gasteiger partial charge in [0.05, 0.1) is 26.0 Å². The van der Waals surface area contributed by atoms with Crippen molar-refractivity contribution < 1.29 is 19.1 Å². The van der Waals surface area contributed by atoms with Crippen molar-refractivity contribution in [2.75, 3.05) is 51.8 Å². The third kappa shape index (κ3) is 5.65. The average molecular weight is 458 g/mol. The van der Waals surface area contributed by atoms with Gasteiger partial charge in [0.25, 0.3) is 0 Å². The number of para-hydroxylation sites is 1. The van der Waals surface area contributed by atoms with E-state index in [9.17, 15) is 9.59 Å². The summed E-state index contributed by atoms with van der Waals surface area (Å²) < 4.78 is 11.4. The van der Waals surface area contributed by atoms with E-state index in [1.165, 1.54) is 7.11 Å². The number of esters is 1. The molecule has 3 rings (SSSR count). The summed E-state index contributed by atoms with van der Waals surface area (Å²) in [4.78, 5) is 30.8. The molecule has 7 heteroatoms. The minimum absolute atomic E-state index is 0.262. The molecule has 7 nitrogen and oxygen atoms in total. The van der Waals surface area contributed by atoms with Crippen LogP contribution in [0.5, 0.6) is 0 Å². The predicted octanol–water partition coefficient (Wildman–Crippen LogP) is 3.18. The molecule has 1 aromatic carbocycles. The number of ketones is 1. The van der Waals surface area contributed by atoms with Crippen molar-refractivity contribution in [1.29, 1.82) is 0 Å². The second kappa shape index (κ2) is 10.4. The van der Waals surface area contributed by atoms with Gasteiger partial charge in [-0.25, -0.2) is 0 Å². The van der Waals surface area contributed by atoms with Gasteiger partial charge in [0, 0.05) is 44.0 Å². The molecule has 1 aromatic rings. The zero-order valence-electron chi connectivity index (χ0n) is 20.7. The molecule has 0 spiro atoms. The van der Waals surface area contributed by atoms with Crippen LogP contribution in [0.15, 0.2) is 42.5 Å². The molecule has 2 aliphatic heterocycles. The molecular weight excluding hydrogens is 418 g/mol. The Kier molecular flexibility index (Phi) is 7.98. The lowest BCUT2D eigenvalue weighted by Gasteiger charge is -2.46. The maximum Gasteiger partial charge on any atom is 0.322 e. The van der Waals surface area contributed by atoms with Crippen molar-refractivity contribution in [2.24, 2.45) is 10.8 Å². The number of piperazine rings is 1. The fourth-order valence-corrected chi connectivity index (χ4v) is 4.73. The maximum absolute atomic E-state index is 13.3. The molecule has 2 saturated heterocycles. The summed E-state index contributed by atoms with van der Waals surface area (Å²) in [6.45, 7) is 17.1. The molecular formula is C26H39N3O4. The Labute approximate surface area is 198 Å². The number of hydrogen-bond acceptors (Lipinski definition) is 7. The molecule has 0 bridgehead atoms. The highest BCUT2D eigenvalue weighted by atomic mass is 16.5. The molecule has 0 saturated carbocycles. The van der Waals surface area contributed by atoms with Crippen LogP contribution in [0.1, 0.15) is 34.1 Å². The van der Waals surface area contributed by atoms with Crippen LogP contribution in [-0.2, 0) is 19.1 Å². The monoisotopic (exact) mass is 457 g/mol. The SMILES string of the molecule is C=C1C(=O)C(C)(C(=O)OC)[C@@H](CCN2CCN(CNc3ccccc3)CC2)O[C@H]1C(C)(C)C. The minimum atomic E-state index is -1.37. The predicted molar refractivity (Wildman–Crippen MR) is 130 cm³/mol. The molecule has 1 unspecified atom stereocenters. The number of anilines is 1. The van der Waals surface area contributed by atoms with E-state index in [-0.39, 0.29) is 11.2 Å². The lowest BCUT2D eigenvalue weighted by molar-refractivity contribution is -0.182. The summed E-state index contributed by atoms with van der Waals surface area (Å²) in [5, 5.41) is 3.46.